The Hall–Kier alpha value is -1.30. The second kappa shape index (κ2) is 4.97. The first-order chi connectivity index (χ1) is 7.06. The molecule has 2 amide bonds. The van der Waals surface area contributed by atoms with Crippen molar-refractivity contribution in [3.05, 3.63) is 0 Å². The van der Waals surface area contributed by atoms with Gasteiger partial charge in [0.15, 0.2) is 0 Å². The van der Waals surface area contributed by atoms with Gasteiger partial charge in [0.25, 0.3) is 0 Å². The summed E-state index contributed by atoms with van der Waals surface area (Å²) >= 11 is 0. The molecule has 1 aliphatic rings. The zero-order chi connectivity index (χ0) is 11.4. The largest absolute Gasteiger partial charge is 0.453 e. The van der Waals surface area contributed by atoms with Crippen molar-refractivity contribution in [1.29, 1.82) is 0 Å². The third-order valence-electron chi connectivity index (χ3n) is 2.41. The smallest absolute Gasteiger partial charge is 0.409 e. The first-order valence-electron chi connectivity index (χ1n) is 4.93. The van der Waals surface area contributed by atoms with E-state index in [9.17, 15) is 9.59 Å². The van der Waals surface area contributed by atoms with Gasteiger partial charge in [-0.25, -0.2) is 4.79 Å². The minimum absolute atomic E-state index is 0.0699. The number of hydrogen-bond acceptors (Lipinski definition) is 4. The number of rotatable bonds is 1. The van der Waals surface area contributed by atoms with E-state index in [0.29, 0.717) is 26.2 Å². The van der Waals surface area contributed by atoms with Crippen LogP contribution in [0, 0.1) is 0 Å². The normalized spacial score (nSPS) is 18.6. The molecule has 1 aliphatic heterocycles. The summed E-state index contributed by atoms with van der Waals surface area (Å²) in [5.41, 5.74) is 5.49. The molecule has 0 saturated carbocycles. The van der Waals surface area contributed by atoms with E-state index >= 15 is 0 Å². The van der Waals surface area contributed by atoms with Crippen LogP contribution in [0.4, 0.5) is 4.79 Å². The average Bonchev–Trinajstić information content (AvgIpc) is 2.27. The zero-order valence-electron chi connectivity index (χ0n) is 9.10. The lowest BCUT2D eigenvalue weighted by Crippen LogP contribution is -2.53. The lowest BCUT2D eigenvalue weighted by Gasteiger charge is -2.34. The molecule has 0 aromatic carbocycles. The molecule has 1 fully saturated rings. The fourth-order valence-corrected chi connectivity index (χ4v) is 1.53. The maximum Gasteiger partial charge on any atom is 0.409 e. The molecule has 0 aromatic heterocycles. The monoisotopic (exact) mass is 215 g/mol. The van der Waals surface area contributed by atoms with Crippen LogP contribution in [-0.2, 0) is 9.53 Å². The number of ether oxygens (including phenoxy) is 1. The van der Waals surface area contributed by atoms with E-state index in [-0.39, 0.29) is 12.0 Å². The summed E-state index contributed by atoms with van der Waals surface area (Å²) in [5.74, 6) is -0.0699. The molecule has 1 rings (SSSR count). The summed E-state index contributed by atoms with van der Waals surface area (Å²) in [4.78, 5) is 25.9. The van der Waals surface area contributed by atoms with Gasteiger partial charge < -0.3 is 20.3 Å². The van der Waals surface area contributed by atoms with Gasteiger partial charge in [-0.05, 0) is 6.92 Å². The van der Waals surface area contributed by atoms with E-state index in [0.717, 1.165) is 0 Å². The van der Waals surface area contributed by atoms with Gasteiger partial charge in [-0.15, -0.1) is 0 Å². The highest BCUT2D eigenvalue weighted by molar-refractivity contribution is 5.81. The summed E-state index contributed by atoms with van der Waals surface area (Å²) in [7, 11) is 1.35. The van der Waals surface area contributed by atoms with Crippen molar-refractivity contribution in [2.24, 2.45) is 5.73 Å². The van der Waals surface area contributed by atoms with Gasteiger partial charge in [0.2, 0.25) is 5.91 Å². The predicted molar refractivity (Wildman–Crippen MR) is 54.2 cm³/mol. The Morgan fingerprint density at radius 3 is 2.07 bits per heavy atom. The lowest BCUT2D eigenvalue weighted by molar-refractivity contribution is -0.133. The molecule has 1 atom stereocenters. The zero-order valence-corrected chi connectivity index (χ0v) is 9.10. The number of amides is 2. The topological polar surface area (TPSA) is 75.9 Å². The van der Waals surface area contributed by atoms with Crippen LogP contribution in [-0.4, -0.2) is 61.1 Å². The quantitative estimate of drug-likeness (QED) is 0.624. The first kappa shape index (κ1) is 11.8. The van der Waals surface area contributed by atoms with Crippen LogP contribution in [0.1, 0.15) is 6.92 Å². The molecular weight excluding hydrogens is 198 g/mol. The summed E-state index contributed by atoms with van der Waals surface area (Å²) < 4.78 is 4.59. The SMILES string of the molecule is COC(=O)N1CCN(C(=O)C(C)N)CC1. The van der Waals surface area contributed by atoms with E-state index in [1.54, 1.807) is 16.7 Å². The summed E-state index contributed by atoms with van der Waals surface area (Å²) in [6.45, 7) is 3.72. The fraction of sp³-hybridized carbons (Fsp3) is 0.778. The average molecular weight is 215 g/mol. The molecule has 0 spiro atoms. The van der Waals surface area contributed by atoms with Crippen LogP contribution in [0.15, 0.2) is 0 Å². The molecule has 1 saturated heterocycles. The van der Waals surface area contributed by atoms with Gasteiger partial charge in [-0.3, -0.25) is 4.79 Å². The van der Waals surface area contributed by atoms with Crippen LogP contribution < -0.4 is 5.73 Å². The Bertz CT molecular complexity index is 247. The van der Waals surface area contributed by atoms with Gasteiger partial charge in [0, 0.05) is 26.2 Å². The molecule has 2 N–H and O–H groups in total. The Labute approximate surface area is 88.9 Å². The predicted octanol–water partition coefficient (Wildman–Crippen LogP) is -0.756. The molecule has 0 bridgehead atoms. The third-order valence-corrected chi connectivity index (χ3v) is 2.41. The number of hydrogen-bond donors (Lipinski definition) is 1. The first-order valence-corrected chi connectivity index (χ1v) is 4.93. The number of nitrogens with two attached hydrogens (primary N) is 1. The second-order valence-corrected chi connectivity index (χ2v) is 3.57. The van der Waals surface area contributed by atoms with Gasteiger partial charge in [-0.2, -0.15) is 0 Å². The Morgan fingerprint density at radius 2 is 1.67 bits per heavy atom. The van der Waals surface area contributed by atoms with Crippen molar-refractivity contribution in [3.63, 3.8) is 0 Å². The van der Waals surface area contributed by atoms with Gasteiger partial charge in [0.05, 0.1) is 13.2 Å². The van der Waals surface area contributed by atoms with Crippen LogP contribution in [0.2, 0.25) is 0 Å². The van der Waals surface area contributed by atoms with Crippen molar-refractivity contribution >= 4 is 12.0 Å². The summed E-state index contributed by atoms with van der Waals surface area (Å²) in [5, 5.41) is 0. The summed E-state index contributed by atoms with van der Waals surface area (Å²) in [6, 6.07) is -0.477. The highest BCUT2D eigenvalue weighted by Gasteiger charge is 2.25. The second-order valence-electron chi connectivity index (χ2n) is 3.57. The van der Waals surface area contributed by atoms with Gasteiger partial charge in [0.1, 0.15) is 0 Å². The Kier molecular flexibility index (Phi) is 3.90. The lowest BCUT2D eigenvalue weighted by atomic mass is 10.2. The molecule has 0 aromatic rings. The molecule has 86 valence electrons. The highest BCUT2D eigenvalue weighted by Crippen LogP contribution is 2.04. The van der Waals surface area contributed by atoms with E-state index < -0.39 is 6.04 Å². The van der Waals surface area contributed by atoms with Crippen molar-refractivity contribution < 1.29 is 14.3 Å². The molecule has 1 unspecified atom stereocenters. The van der Waals surface area contributed by atoms with E-state index in [1.807, 2.05) is 0 Å². The van der Waals surface area contributed by atoms with E-state index in [4.69, 9.17) is 5.73 Å². The van der Waals surface area contributed by atoms with Crippen LogP contribution in [0.25, 0.3) is 0 Å². The molecular formula is C9H17N3O3. The number of carbonyl (C=O) groups excluding carboxylic acids is 2. The third kappa shape index (κ3) is 2.82. The maximum atomic E-state index is 11.5. The number of methoxy groups -OCH3 is 1. The van der Waals surface area contributed by atoms with E-state index in [2.05, 4.69) is 4.74 Å². The van der Waals surface area contributed by atoms with Gasteiger partial charge in [-0.1, -0.05) is 0 Å². The van der Waals surface area contributed by atoms with Crippen molar-refractivity contribution in [1.82, 2.24) is 9.80 Å². The van der Waals surface area contributed by atoms with Crippen molar-refractivity contribution in [2.75, 3.05) is 33.3 Å². The molecule has 15 heavy (non-hydrogen) atoms. The Morgan fingerprint density at radius 1 is 1.20 bits per heavy atom. The minimum Gasteiger partial charge on any atom is -0.453 e. The van der Waals surface area contributed by atoms with Crippen LogP contribution in [0.5, 0.6) is 0 Å². The molecule has 0 aliphatic carbocycles. The van der Waals surface area contributed by atoms with E-state index in [1.165, 1.54) is 7.11 Å². The van der Waals surface area contributed by atoms with Crippen molar-refractivity contribution in [3.8, 4) is 0 Å². The number of nitrogens with zero attached hydrogens (tertiary/aromatic N) is 2. The Balaban J connectivity index is 2.42. The number of piperazine rings is 1. The molecule has 6 nitrogen and oxygen atoms in total. The maximum absolute atomic E-state index is 11.5. The molecule has 0 radical (unpaired) electrons. The van der Waals surface area contributed by atoms with Crippen LogP contribution in [0.3, 0.4) is 0 Å². The van der Waals surface area contributed by atoms with Gasteiger partial charge >= 0.3 is 6.09 Å². The van der Waals surface area contributed by atoms with Crippen LogP contribution >= 0.6 is 0 Å². The fourth-order valence-electron chi connectivity index (χ4n) is 1.53. The molecule has 1 heterocycles. The number of carbonyl (C=O) groups is 2. The van der Waals surface area contributed by atoms with Crippen molar-refractivity contribution in [2.45, 2.75) is 13.0 Å². The summed E-state index contributed by atoms with van der Waals surface area (Å²) in [6.07, 6.45) is -0.345. The molecule has 6 heteroatoms. The minimum atomic E-state index is -0.477. The highest BCUT2D eigenvalue weighted by atomic mass is 16.5. The standard InChI is InChI=1S/C9H17N3O3/c1-7(10)8(13)11-3-5-12(6-4-11)9(14)15-2/h7H,3-6,10H2,1-2H3.